The molecular weight excluding hydrogens is 378 g/mol. The highest BCUT2D eigenvalue weighted by Gasteiger charge is 2.33. The van der Waals surface area contributed by atoms with Gasteiger partial charge in [-0.05, 0) is 62.9 Å². The Balaban J connectivity index is 1.83. The Morgan fingerprint density at radius 2 is 1.89 bits per heavy atom. The lowest BCUT2D eigenvalue weighted by molar-refractivity contribution is -0.128. The Morgan fingerprint density at radius 1 is 1.22 bits per heavy atom. The van der Waals surface area contributed by atoms with Crippen LogP contribution in [0.2, 0.25) is 0 Å². The van der Waals surface area contributed by atoms with Crippen molar-refractivity contribution >= 4 is 32.5 Å². The van der Waals surface area contributed by atoms with Crippen LogP contribution < -0.4 is 5.32 Å². The number of nitrogens with zero attached hydrogens (tertiary/aromatic N) is 1. The quantitative estimate of drug-likeness (QED) is 0.340. The van der Waals surface area contributed by atoms with E-state index >= 15 is 0 Å². The van der Waals surface area contributed by atoms with Gasteiger partial charge < -0.3 is 5.32 Å². The third-order valence-electron chi connectivity index (χ3n) is 5.03. The fourth-order valence-corrected chi connectivity index (χ4v) is 6.45. The Morgan fingerprint density at radius 3 is 2.56 bits per heavy atom. The molecule has 0 bridgehead atoms. The van der Waals surface area contributed by atoms with Gasteiger partial charge in [0, 0.05) is 22.4 Å². The fourth-order valence-electron chi connectivity index (χ4n) is 3.57. The molecule has 1 fully saturated rings. The molecule has 7 heteroatoms. The van der Waals surface area contributed by atoms with Crippen LogP contribution in [-0.2, 0) is 13.8 Å². The van der Waals surface area contributed by atoms with Gasteiger partial charge in [0.25, 0.3) is 0 Å². The fraction of sp³-hybridized carbons (Fsp3) is 0.200. The van der Waals surface area contributed by atoms with E-state index in [2.05, 4.69) is 28.8 Å². The third kappa shape index (κ3) is 2.76. The van der Waals surface area contributed by atoms with Crippen LogP contribution in [0.15, 0.2) is 46.2 Å². The molecule has 2 heterocycles. The number of rotatable bonds is 1. The number of hydrogen-bond acceptors (Lipinski definition) is 3. The molecule has 2 N–H and O–H groups in total. The number of fused-ring (bicyclic) bond motifs is 3. The molecule has 4 rings (SSSR count). The van der Waals surface area contributed by atoms with Gasteiger partial charge in [-0.2, -0.15) is 0 Å². The van der Waals surface area contributed by atoms with E-state index in [-0.39, 0.29) is 24.3 Å². The second kappa shape index (κ2) is 6.25. The van der Waals surface area contributed by atoms with Gasteiger partial charge in [-0.3, -0.25) is 19.3 Å². The second-order valence-corrected chi connectivity index (χ2v) is 10.5. The number of carbonyl (C=O) groups excluding carboxylic acids is 1. The predicted molar refractivity (Wildman–Crippen MR) is 110 cm³/mol. The third-order valence-corrected chi connectivity index (χ3v) is 8.41. The van der Waals surface area contributed by atoms with Crippen molar-refractivity contribution in [2.75, 3.05) is 7.05 Å². The first-order chi connectivity index (χ1) is 12.8. The number of benzene rings is 2. The minimum Gasteiger partial charge on any atom is -0.349 e. The zero-order valence-corrected chi connectivity index (χ0v) is 16.7. The number of nitrogens with one attached hydrogen (secondary N) is 2. The first kappa shape index (κ1) is 17.8. The minimum atomic E-state index is -2.95. The van der Waals surface area contributed by atoms with Crippen molar-refractivity contribution in [3.8, 4) is 23.0 Å². The van der Waals surface area contributed by atoms with Crippen LogP contribution in [0, 0.1) is 17.3 Å². The maximum Gasteiger partial charge on any atom is 0.231 e. The molecule has 5 nitrogen and oxygen atoms in total. The smallest absolute Gasteiger partial charge is 0.231 e. The lowest BCUT2D eigenvalue weighted by Gasteiger charge is -2.31. The average molecular weight is 398 g/mol. The Hall–Kier alpha value is -2.56. The highest BCUT2D eigenvalue weighted by atomic mass is 33.1. The topological polar surface area (TPSA) is 73.3 Å². The van der Waals surface area contributed by atoms with E-state index in [1.165, 1.54) is 4.90 Å². The van der Waals surface area contributed by atoms with E-state index in [1.807, 2.05) is 36.4 Å². The van der Waals surface area contributed by atoms with E-state index in [4.69, 9.17) is 5.41 Å². The molecule has 2 aromatic rings. The number of hydrogen-bond donors (Lipinski definition) is 4. The molecule has 0 aromatic heterocycles. The van der Waals surface area contributed by atoms with Crippen LogP contribution in [0.25, 0.3) is 11.1 Å². The molecule has 1 saturated heterocycles. The molecular formula is C20H19N3O2S2. The number of guanidine groups is 1. The summed E-state index contributed by atoms with van der Waals surface area (Å²) < 4.78 is 13.3. The maximum atomic E-state index is 13.3. The zero-order chi connectivity index (χ0) is 19.3. The first-order valence-corrected chi connectivity index (χ1v) is 11.4. The van der Waals surface area contributed by atoms with E-state index in [0.717, 1.165) is 27.1 Å². The van der Waals surface area contributed by atoms with E-state index in [1.54, 1.807) is 14.0 Å². The first-order valence-electron chi connectivity index (χ1n) is 8.49. The molecule has 1 unspecified atom stereocenters. The van der Waals surface area contributed by atoms with Crippen LogP contribution >= 0.6 is 11.7 Å². The molecule has 138 valence electrons. The van der Waals surface area contributed by atoms with Crippen molar-refractivity contribution < 1.29 is 9.00 Å². The van der Waals surface area contributed by atoms with E-state index in [0.29, 0.717) is 4.90 Å². The van der Waals surface area contributed by atoms with Crippen molar-refractivity contribution in [2.24, 2.45) is 0 Å². The number of thiol groups is 2. The summed E-state index contributed by atoms with van der Waals surface area (Å²) in [5.41, 5.74) is 3.48. The van der Waals surface area contributed by atoms with Crippen LogP contribution in [-0.4, -0.2) is 28.0 Å². The molecule has 2 aliphatic heterocycles. The summed E-state index contributed by atoms with van der Waals surface area (Å²) in [6.45, 7) is 1.78. The molecule has 0 saturated carbocycles. The van der Waals surface area contributed by atoms with Crippen LogP contribution in [0.1, 0.15) is 30.5 Å². The molecule has 0 aliphatic carbocycles. The van der Waals surface area contributed by atoms with Gasteiger partial charge in [0.1, 0.15) is 0 Å². The Kier molecular flexibility index (Phi) is 4.13. The second-order valence-electron chi connectivity index (χ2n) is 6.66. The van der Waals surface area contributed by atoms with Gasteiger partial charge in [0.2, 0.25) is 5.91 Å². The monoisotopic (exact) mass is 397 g/mol. The standard InChI is InChI=1S/C20H19N3O2S2/c1-3-4-12-5-7-17-14(9-12)15-10-13(6-8-18(15)27(17,25)26)16-11-19(24)23(2)20(21)22-16/h5-10,16,27H,11H2,1-2H3,(H2,21,22)(H,25,26). The Labute approximate surface area is 163 Å². The number of amides is 1. The lowest BCUT2D eigenvalue weighted by Crippen LogP contribution is -2.49. The average Bonchev–Trinajstić information content (AvgIpc) is 2.86. The van der Waals surface area contributed by atoms with Gasteiger partial charge in [-0.25, -0.2) is 0 Å². The summed E-state index contributed by atoms with van der Waals surface area (Å²) in [4.78, 5) is 14.8. The molecule has 1 amide bonds. The van der Waals surface area contributed by atoms with Crippen molar-refractivity contribution in [2.45, 2.75) is 29.2 Å². The summed E-state index contributed by atoms with van der Waals surface area (Å²) in [6.07, 6.45) is 0.268. The van der Waals surface area contributed by atoms with Gasteiger partial charge in [0.15, 0.2) is 5.96 Å². The minimum absolute atomic E-state index is 0.0810. The molecule has 27 heavy (non-hydrogen) atoms. The van der Waals surface area contributed by atoms with Crippen LogP contribution in [0.3, 0.4) is 0 Å². The van der Waals surface area contributed by atoms with Gasteiger partial charge in [-0.1, -0.05) is 23.6 Å². The maximum absolute atomic E-state index is 13.3. The van der Waals surface area contributed by atoms with Crippen LogP contribution in [0.4, 0.5) is 0 Å². The molecule has 0 spiro atoms. The van der Waals surface area contributed by atoms with Gasteiger partial charge in [0.05, 0.1) is 12.5 Å². The van der Waals surface area contributed by atoms with Crippen molar-refractivity contribution in [3.05, 3.63) is 47.5 Å². The summed E-state index contributed by atoms with van der Waals surface area (Å²) in [6, 6.07) is 11.0. The molecule has 2 aromatic carbocycles. The van der Waals surface area contributed by atoms with E-state index in [9.17, 15) is 9.00 Å². The summed E-state index contributed by atoms with van der Waals surface area (Å²) in [5, 5.41) is 11.0. The summed E-state index contributed by atoms with van der Waals surface area (Å²) in [5.74, 6) is 5.89. The summed E-state index contributed by atoms with van der Waals surface area (Å²) >= 11 is 4.50. The lowest BCUT2D eigenvalue weighted by atomic mass is 9.96. The highest BCUT2D eigenvalue weighted by Crippen LogP contribution is 2.50. The van der Waals surface area contributed by atoms with Crippen molar-refractivity contribution in [1.82, 2.24) is 10.2 Å². The Bertz CT molecular complexity index is 1100. The summed E-state index contributed by atoms with van der Waals surface area (Å²) in [7, 11) is -1.36. The normalized spacial score (nSPS) is 20.9. The predicted octanol–water partition coefficient (Wildman–Crippen LogP) is 2.75. The van der Waals surface area contributed by atoms with E-state index < -0.39 is 8.96 Å². The number of carbonyl (C=O) groups is 1. The van der Waals surface area contributed by atoms with Crippen molar-refractivity contribution in [1.29, 1.82) is 5.41 Å². The van der Waals surface area contributed by atoms with Gasteiger partial charge in [-0.15, -0.1) is 5.92 Å². The molecule has 2 aliphatic rings. The van der Waals surface area contributed by atoms with Gasteiger partial charge >= 0.3 is 0 Å². The largest absolute Gasteiger partial charge is 0.349 e. The SMILES string of the molecule is CC#Cc1ccc2c(c1)-c1cc(C3CC(=O)N(C)C(=N)N3)ccc1[SH]2(=O)S. The zero-order valence-electron chi connectivity index (χ0n) is 14.9. The van der Waals surface area contributed by atoms with Crippen LogP contribution in [0.5, 0.6) is 0 Å². The molecule has 1 atom stereocenters. The van der Waals surface area contributed by atoms with Crippen molar-refractivity contribution in [3.63, 3.8) is 0 Å². The molecule has 0 radical (unpaired) electrons. The highest BCUT2D eigenvalue weighted by molar-refractivity contribution is 8.69.